The highest BCUT2D eigenvalue weighted by atomic mass is 35.5. The maximum absolute atomic E-state index is 13.0. The lowest BCUT2D eigenvalue weighted by atomic mass is 10.1. The van der Waals surface area contributed by atoms with Crippen molar-refractivity contribution in [3.05, 3.63) is 64.9 Å². The van der Waals surface area contributed by atoms with Gasteiger partial charge in [-0.1, -0.05) is 35.5 Å². The van der Waals surface area contributed by atoms with Crippen LogP contribution in [0.15, 0.2) is 53.7 Å². The first-order valence-electron chi connectivity index (χ1n) is 8.54. The summed E-state index contributed by atoms with van der Waals surface area (Å²) in [4.78, 5) is 12.5. The summed E-state index contributed by atoms with van der Waals surface area (Å²) in [6.45, 7) is 3.60. The Kier molecular flexibility index (Phi) is 6.21. The minimum Gasteiger partial charge on any atom is -0.349 e. The zero-order valence-electron chi connectivity index (χ0n) is 15.3. The summed E-state index contributed by atoms with van der Waals surface area (Å²) in [6, 6.07) is 12.8. The molecular formula is C19H19ClFN5OS. The van der Waals surface area contributed by atoms with Gasteiger partial charge in [0, 0.05) is 10.6 Å². The summed E-state index contributed by atoms with van der Waals surface area (Å²) in [5.41, 5.74) is 1.59. The number of nitrogens with two attached hydrogens (primary N) is 1. The Labute approximate surface area is 171 Å². The third-order valence-corrected chi connectivity index (χ3v) is 5.46. The van der Waals surface area contributed by atoms with Crippen molar-refractivity contribution in [1.29, 1.82) is 0 Å². The number of nitrogens with one attached hydrogen (secondary N) is 1. The van der Waals surface area contributed by atoms with Crippen molar-refractivity contribution in [3.63, 3.8) is 0 Å². The number of carbonyl (C=O) groups is 1. The maximum atomic E-state index is 13.0. The largest absolute Gasteiger partial charge is 0.349 e. The number of hydrogen-bond donors (Lipinski definition) is 2. The number of benzene rings is 2. The Balaban J connectivity index is 1.65. The van der Waals surface area contributed by atoms with E-state index >= 15 is 0 Å². The fourth-order valence-electron chi connectivity index (χ4n) is 2.53. The van der Waals surface area contributed by atoms with E-state index in [1.54, 1.807) is 43.3 Å². The Morgan fingerprint density at radius 3 is 2.43 bits per heavy atom. The van der Waals surface area contributed by atoms with E-state index in [2.05, 4.69) is 15.5 Å². The van der Waals surface area contributed by atoms with Crippen molar-refractivity contribution < 1.29 is 9.18 Å². The Bertz CT molecular complexity index is 961. The zero-order valence-corrected chi connectivity index (χ0v) is 16.8. The van der Waals surface area contributed by atoms with Gasteiger partial charge in [-0.15, -0.1) is 10.2 Å². The van der Waals surface area contributed by atoms with Crippen LogP contribution in [-0.4, -0.2) is 26.0 Å². The molecule has 0 aliphatic carbocycles. The fraction of sp³-hybridized carbons (Fsp3) is 0.211. The minimum atomic E-state index is -0.451. The lowest BCUT2D eigenvalue weighted by Gasteiger charge is -2.17. The van der Waals surface area contributed by atoms with Crippen molar-refractivity contribution >= 4 is 29.3 Å². The normalized spacial score (nSPS) is 13.1. The van der Waals surface area contributed by atoms with Gasteiger partial charge < -0.3 is 11.2 Å². The molecule has 1 aromatic heterocycles. The van der Waals surface area contributed by atoms with E-state index in [0.717, 1.165) is 11.1 Å². The standard InChI is InChI=1S/C19H19ClFN5OS/c1-11(13-5-9-16(21)10-6-13)23-18(27)12(2)28-19-25-24-17(26(19)22)14-3-7-15(20)8-4-14/h3-12H,22H2,1-2H3,(H,23,27). The molecule has 0 spiro atoms. The van der Waals surface area contributed by atoms with Gasteiger partial charge in [-0.2, -0.15) is 0 Å². The van der Waals surface area contributed by atoms with Gasteiger partial charge in [0.05, 0.1) is 11.3 Å². The third-order valence-electron chi connectivity index (χ3n) is 4.15. The van der Waals surface area contributed by atoms with Crippen LogP contribution in [0.1, 0.15) is 25.5 Å². The zero-order chi connectivity index (χ0) is 20.3. The van der Waals surface area contributed by atoms with Gasteiger partial charge in [0.25, 0.3) is 0 Å². The molecule has 9 heteroatoms. The van der Waals surface area contributed by atoms with Crippen LogP contribution in [0.2, 0.25) is 5.02 Å². The minimum absolute atomic E-state index is 0.183. The predicted molar refractivity (Wildman–Crippen MR) is 109 cm³/mol. The number of aromatic nitrogens is 3. The van der Waals surface area contributed by atoms with Gasteiger partial charge >= 0.3 is 0 Å². The Morgan fingerprint density at radius 1 is 1.14 bits per heavy atom. The molecule has 0 aliphatic rings. The van der Waals surface area contributed by atoms with Crippen LogP contribution in [0.3, 0.4) is 0 Å². The molecule has 3 rings (SSSR count). The third kappa shape index (κ3) is 4.63. The maximum Gasteiger partial charge on any atom is 0.233 e. The molecule has 28 heavy (non-hydrogen) atoms. The second kappa shape index (κ2) is 8.62. The van der Waals surface area contributed by atoms with E-state index in [1.807, 2.05) is 6.92 Å². The lowest BCUT2D eigenvalue weighted by Crippen LogP contribution is -2.33. The summed E-state index contributed by atoms with van der Waals surface area (Å²) in [5.74, 6) is 6.08. The number of rotatable bonds is 6. The van der Waals surface area contributed by atoms with Gasteiger partial charge in [-0.05, 0) is 55.8 Å². The number of nitrogen functional groups attached to an aromatic ring is 1. The van der Waals surface area contributed by atoms with E-state index in [1.165, 1.54) is 28.6 Å². The van der Waals surface area contributed by atoms with Gasteiger partial charge in [0.15, 0.2) is 5.82 Å². The highest BCUT2D eigenvalue weighted by Gasteiger charge is 2.21. The molecule has 6 nitrogen and oxygen atoms in total. The van der Waals surface area contributed by atoms with Gasteiger partial charge in [-0.25, -0.2) is 9.07 Å². The Hall–Kier alpha value is -2.58. The number of carbonyl (C=O) groups excluding carboxylic acids is 1. The smallest absolute Gasteiger partial charge is 0.233 e. The highest BCUT2D eigenvalue weighted by molar-refractivity contribution is 8.00. The monoisotopic (exact) mass is 419 g/mol. The van der Waals surface area contributed by atoms with Crippen molar-refractivity contribution in [2.24, 2.45) is 0 Å². The molecule has 0 aliphatic heterocycles. The summed E-state index contributed by atoms with van der Waals surface area (Å²) in [5, 5.41) is 11.7. The molecule has 2 aromatic carbocycles. The molecule has 0 bridgehead atoms. The van der Waals surface area contributed by atoms with Crippen LogP contribution in [0.5, 0.6) is 0 Å². The van der Waals surface area contributed by atoms with E-state index in [4.69, 9.17) is 17.4 Å². The molecule has 146 valence electrons. The number of amides is 1. The van der Waals surface area contributed by atoms with Gasteiger partial charge in [-0.3, -0.25) is 4.79 Å². The van der Waals surface area contributed by atoms with E-state index in [9.17, 15) is 9.18 Å². The molecular weight excluding hydrogens is 401 g/mol. The predicted octanol–water partition coefficient (Wildman–Crippen LogP) is 3.81. The summed E-state index contributed by atoms with van der Waals surface area (Å²) >= 11 is 7.10. The second-order valence-corrected chi connectivity index (χ2v) is 7.97. The highest BCUT2D eigenvalue weighted by Crippen LogP contribution is 2.26. The molecule has 2 unspecified atom stereocenters. The molecule has 0 fully saturated rings. The SMILES string of the molecule is CC(Sc1nnc(-c2ccc(Cl)cc2)n1N)C(=O)NC(C)c1ccc(F)cc1. The van der Waals surface area contributed by atoms with Gasteiger partial charge in [0.2, 0.25) is 11.1 Å². The second-order valence-electron chi connectivity index (χ2n) is 6.22. The quantitative estimate of drug-likeness (QED) is 0.468. The summed E-state index contributed by atoms with van der Waals surface area (Å²) < 4.78 is 14.4. The van der Waals surface area contributed by atoms with Crippen LogP contribution in [0.25, 0.3) is 11.4 Å². The first kappa shape index (κ1) is 20.2. The molecule has 1 heterocycles. The number of halogens is 2. The van der Waals surface area contributed by atoms with E-state index in [-0.39, 0.29) is 17.8 Å². The molecule has 0 radical (unpaired) electrons. The van der Waals surface area contributed by atoms with Crippen molar-refractivity contribution in [1.82, 2.24) is 20.2 Å². The number of nitrogens with zero attached hydrogens (tertiary/aromatic N) is 3. The van der Waals surface area contributed by atoms with Gasteiger partial charge in [0.1, 0.15) is 5.82 Å². The van der Waals surface area contributed by atoms with Crippen LogP contribution in [0.4, 0.5) is 4.39 Å². The van der Waals surface area contributed by atoms with Crippen molar-refractivity contribution in [2.45, 2.75) is 30.3 Å². The topological polar surface area (TPSA) is 85.8 Å². The van der Waals surface area contributed by atoms with Crippen LogP contribution in [0, 0.1) is 5.82 Å². The van der Waals surface area contributed by atoms with Crippen LogP contribution >= 0.6 is 23.4 Å². The molecule has 2 atom stereocenters. The molecule has 3 aromatic rings. The lowest BCUT2D eigenvalue weighted by molar-refractivity contribution is -0.120. The summed E-state index contributed by atoms with van der Waals surface area (Å²) in [6.07, 6.45) is 0. The Morgan fingerprint density at radius 2 is 1.79 bits per heavy atom. The first-order chi connectivity index (χ1) is 13.3. The number of thioether (sulfide) groups is 1. The van der Waals surface area contributed by atoms with Crippen molar-refractivity contribution in [3.8, 4) is 11.4 Å². The average Bonchev–Trinajstić information content (AvgIpc) is 3.03. The molecule has 1 amide bonds. The fourth-order valence-corrected chi connectivity index (χ4v) is 3.44. The first-order valence-corrected chi connectivity index (χ1v) is 9.80. The molecule has 0 saturated heterocycles. The van der Waals surface area contributed by atoms with Crippen LogP contribution < -0.4 is 11.2 Å². The van der Waals surface area contributed by atoms with Crippen molar-refractivity contribution in [2.75, 3.05) is 5.84 Å². The molecule has 0 saturated carbocycles. The average molecular weight is 420 g/mol. The molecule has 3 N–H and O–H groups in total. The summed E-state index contributed by atoms with van der Waals surface area (Å²) in [7, 11) is 0. The van der Waals surface area contributed by atoms with Crippen LogP contribution in [-0.2, 0) is 4.79 Å². The van der Waals surface area contributed by atoms with E-state index in [0.29, 0.717) is 16.0 Å². The van der Waals surface area contributed by atoms with E-state index < -0.39 is 5.25 Å². The number of hydrogen-bond acceptors (Lipinski definition) is 5.